The first-order chi connectivity index (χ1) is 13.5. The zero-order valence-corrected chi connectivity index (χ0v) is 15.1. The van der Waals surface area contributed by atoms with E-state index in [9.17, 15) is 19.2 Å². The quantitative estimate of drug-likeness (QED) is 0.530. The summed E-state index contributed by atoms with van der Waals surface area (Å²) in [4.78, 5) is 49.0. The van der Waals surface area contributed by atoms with Crippen molar-refractivity contribution in [1.82, 2.24) is 15.8 Å². The molecule has 1 atom stereocenters. The number of carbonyl (C=O) groups excluding carboxylic acids is 4. The molecule has 3 rings (SSSR count). The fraction of sp³-hybridized carbons (Fsp3) is 0.333. The molecule has 4 amide bonds. The van der Waals surface area contributed by atoms with E-state index in [2.05, 4.69) is 10.7 Å². The van der Waals surface area contributed by atoms with Crippen molar-refractivity contribution in [2.75, 3.05) is 19.8 Å². The summed E-state index contributed by atoms with van der Waals surface area (Å²) >= 11 is 0. The van der Waals surface area contributed by atoms with Gasteiger partial charge in [-0.25, -0.2) is 9.59 Å². The van der Waals surface area contributed by atoms with E-state index < -0.39 is 36.0 Å². The summed E-state index contributed by atoms with van der Waals surface area (Å²) in [7, 11) is 0. The van der Waals surface area contributed by atoms with Gasteiger partial charge in [-0.1, -0.05) is 37.3 Å². The van der Waals surface area contributed by atoms with Crippen LogP contribution in [0.25, 0.3) is 0 Å². The maximum Gasteiger partial charge on any atom is 0.377 e. The van der Waals surface area contributed by atoms with E-state index in [4.69, 9.17) is 14.2 Å². The van der Waals surface area contributed by atoms with Gasteiger partial charge in [0.2, 0.25) is 5.76 Å². The summed E-state index contributed by atoms with van der Waals surface area (Å²) in [5, 5.41) is 3.21. The Balaban J connectivity index is 1.63. The second kappa shape index (κ2) is 7.99. The number of hydrazine groups is 1. The minimum Gasteiger partial charge on any atom is -0.493 e. The standard InChI is InChI=1S/C18H19N3O7/c1-2-18(12-6-4-3-5-7-12)16(24)21(17(25)19-18)20-14(22)11-28-15(23)13-10-26-8-9-27-13/h3-7,10H,2,8-9,11H2,1H3,(H,19,25)(H,20,22)/t18-/m0/s1. The van der Waals surface area contributed by atoms with E-state index in [1.165, 1.54) is 0 Å². The Morgan fingerprint density at radius 2 is 2.00 bits per heavy atom. The van der Waals surface area contributed by atoms with Crippen molar-refractivity contribution in [3.8, 4) is 0 Å². The molecule has 1 saturated heterocycles. The van der Waals surface area contributed by atoms with Gasteiger partial charge in [-0.3, -0.25) is 15.0 Å². The van der Waals surface area contributed by atoms with Crippen LogP contribution in [0.4, 0.5) is 4.79 Å². The maximum absolute atomic E-state index is 12.9. The molecule has 0 aromatic heterocycles. The third-order valence-corrected chi connectivity index (χ3v) is 4.31. The largest absolute Gasteiger partial charge is 0.493 e. The van der Waals surface area contributed by atoms with E-state index in [-0.39, 0.29) is 18.8 Å². The zero-order valence-electron chi connectivity index (χ0n) is 15.1. The van der Waals surface area contributed by atoms with Crippen molar-refractivity contribution in [3.05, 3.63) is 47.9 Å². The third kappa shape index (κ3) is 3.61. The topological polar surface area (TPSA) is 123 Å². The van der Waals surface area contributed by atoms with Crippen molar-refractivity contribution < 1.29 is 33.4 Å². The molecule has 0 saturated carbocycles. The van der Waals surface area contributed by atoms with Gasteiger partial charge in [0.15, 0.2) is 6.61 Å². The molecule has 2 aliphatic heterocycles. The minimum atomic E-state index is -1.28. The number of rotatable bonds is 6. The first kappa shape index (κ1) is 19.2. The smallest absolute Gasteiger partial charge is 0.377 e. The molecule has 0 radical (unpaired) electrons. The van der Waals surface area contributed by atoms with Crippen molar-refractivity contribution in [3.63, 3.8) is 0 Å². The number of carbonyl (C=O) groups is 4. The molecule has 0 spiro atoms. The second-order valence-corrected chi connectivity index (χ2v) is 6.01. The molecule has 1 aromatic rings. The predicted molar refractivity (Wildman–Crippen MR) is 92.9 cm³/mol. The summed E-state index contributed by atoms with van der Waals surface area (Å²) in [5.74, 6) is -2.53. The van der Waals surface area contributed by atoms with Crippen molar-refractivity contribution in [2.45, 2.75) is 18.9 Å². The summed E-state index contributed by atoms with van der Waals surface area (Å²) in [5.41, 5.74) is 1.48. The molecule has 0 bridgehead atoms. The number of nitrogens with one attached hydrogen (secondary N) is 2. The normalized spacial score (nSPS) is 21.2. The highest BCUT2D eigenvalue weighted by Gasteiger charge is 2.52. The lowest BCUT2D eigenvalue weighted by Gasteiger charge is -2.25. The van der Waals surface area contributed by atoms with Crippen LogP contribution < -0.4 is 10.7 Å². The van der Waals surface area contributed by atoms with Gasteiger partial charge in [-0.05, 0) is 12.0 Å². The van der Waals surface area contributed by atoms with Crippen LogP contribution in [0.5, 0.6) is 0 Å². The van der Waals surface area contributed by atoms with E-state index in [1.54, 1.807) is 37.3 Å². The van der Waals surface area contributed by atoms with Crippen LogP contribution >= 0.6 is 0 Å². The van der Waals surface area contributed by atoms with Crippen LogP contribution in [0.3, 0.4) is 0 Å². The van der Waals surface area contributed by atoms with Crippen LogP contribution in [0, 0.1) is 0 Å². The monoisotopic (exact) mass is 389 g/mol. The molecule has 1 fully saturated rings. The Morgan fingerprint density at radius 1 is 1.25 bits per heavy atom. The molecular weight excluding hydrogens is 370 g/mol. The van der Waals surface area contributed by atoms with Gasteiger partial charge < -0.3 is 19.5 Å². The van der Waals surface area contributed by atoms with Gasteiger partial charge >= 0.3 is 12.0 Å². The summed E-state index contributed by atoms with van der Waals surface area (Å²) in [6.07, 6.45) is 1.38. The van der Waals surface area contributed by atoms with Crippen molar-refractivity contribution in [2.24, 2.45) is 0 Å². The van der Waals surface area contributed by atoms with Crippen LogP contribution in [0.2, 0.25) is 0 Å². The van der Waals surface area contributed by atoms with Crippen molar-refractivity contribution in [1.29, 1.82) is 0 Å². The number of hydrogen-bond donors (Lipinski definition) is 2. The SMILES string of the molecule is CC[C@@]1(c2ccccc2)NC(=O)N(NC(=O)COC(=O)C2=COCCO2)C1=O. The number of esters is 1. The van der Waals surface area contributed by atoms with Gasteiger partial charge in [-0.2, -0.15) is 5.01 Å². The molecule has 28 heavy (non-hydrogen) atoms. The molecule has 10 nitrogen and oxygen atoms in total. The molecule has 1 aromatic carbocycles. The fourth-order valence-corrected chi connectivity index (χ4v) is 2.87. The molecule has 2 aliphatic rings. The fourth-order valence-electron chi connectivity index (χ4n) is 2.87. The summed E-state index contributed by atoms with van der Waals surface area (Å²) in [6, 6.07) is 7.95. The Morgan fingerprint density at radius 3 is 2.64 bits per heavy atom. The lowest BCUT2D eigenvalue weighted by molar-refractivity contribution is -0.151. The Hall–Kier alpha value is -3.56. The minimum absolute atomic E-state index is 0.164. The Labute approximate surface area is 160 Å². The van der Waals surface area contributed by atoms with E-state index in [0.717, 1.165) is 6.26 Å². The first-order valence-electron chi connectivity index (χ1n) is 8.61. The first-order valence-corrected chi connectivity index (χ1v) is 8.61. The highest BCUT2D eigenvalue weighted by atomic mass is 16.6. The van der Waals surface area contributed by atoms with Gasteiger partial charge in [0.1, 0.15) is 25.0 Å². The van der Waals surface area contributed by atoms with E-state index in [0.29, 0.717) is 17.2 Å². The average Bonchev–Trinajstić information content (AvgIpc) is 2.98. The number of amides is 4. The Bertz CT molecular complexity index is 824. The van der Waals surface area contributed by atoms with Gasteiger partial charge in [0, 0.05) is 0 Å². The third-order valence-electron chi connectivity index (χ3n) is 4.31. The number of nitrogens with zero attached hydrogens (tertiary/aromatic N) is 1. The maximum atomic E-state index is 12.9. The number of imide groups is 1. The molecule has 148 valence electrons. The summed E-state index contributed by atoms with van der Waals surface area (Å²) < 4.78 is 14.8. The van der Waals surface area contributed by atoms with Gasteiger partial charge in [-0.15, -0.1) is 0 Å². The van der Waals surface area contributed by atoms with Crippen molar-refractivity contribution >= 4 is 23.8 Å². The number of hydrogen-bond acceptors (Lipinski definition) is 7. The van der Waals surface area contributed by atoms with E-state index >= 15 is 0 Å². The van der Waals surface area contributed by atoms with Crippen LogP contribution in [0.1, 0.15) is 18.9 Å². The average molecular weight is 389 g/mol. The number of urea groups is 1. The lowest BCUT2D eigenvalue weighted by Crippen LogP contribution is -2.49. The van der Waals surface area contributed by atoms with Crippen LogP contribution in [0.15, 0.2) is 42.4 Å². The zero-order chi connectivity index (χ0) is 20.1. The number of ether oxygens (including phenoxy) is 3. The molecule has 0 unspecified atom stereocenters. The highest BCUT2D eigenvalue weighted by molar-refractivity contribution is 6.08. The summed E-state index contributed by atoms with van der Waals surface area (Å²) in [6.45, 7) is 1.54. The van der Waals surface area contributed by atoms with Crippen LogP contribution in [-0.2, 0) is 34.1 Å². The van der Waals surface area contributed by atoms with Crippen LogP contribution in [-0.4, -0.2) is 48.6 Å². The number of benzene rings is 1. The predicted octanol–water partition coefficient (Wildman–Crippen LogP) is 0.306. The molecule has 10 heteroatoms. The van der Waals surface area contributed by atoms with Gasteiger partial charge in [0.25, 0.3) is 11.8 Å². The Kier molecular flexibility index (Phi) is 5.48. The second-order valence-electron chi connectivity index (χ2n) is 6.01. The molecule has 2 N–H and O–H groups in total. The van der Waals surface area contributed by atoms with Gasteiger partial charge in [0.05, 0.1) is 0 Å². The highest BCUT2D eigenvalue weighted by Crippen LogP contribution is 2.31. The van der Waals surface area contributed by atoms with E-state index in [1.807, 2.05) is 0 Å². The molecular formula is C18H19N3O7. The molecule has 0 aliphatic carbocycles. The molecule has 2 heterocycles. The lowest BCUT2D eigenvalue weighted by atomic mass is 9.87.